The molecule has 0 amide bonds. The first-order valence-corrected chi connectivity index (χ1v) is 4.68. The molecule has 0 heterocycles. The van der Waals surface area contributed by atoms with Gasteiger partial charge in [-0.3, -0.25) is 4.79 Å². The van der Waals surface area contributed by atoms with Gasteiger partial charge in [-0.25, -0.2) is 4.79 Å². The number of ether oxygens (including phenoxy) is 1. The summed E-state index contributed by atoms with van der Waals surface area (Å²) >= 11 is 0. The van der Waals surface area contributed by atoms with Crippen LogP contribution in [-0.4, -0.2) is 30.0 Å². The van der Waals surface area contributed by atoms with E-state index in [-0.39, 0.29) is 22.7 Å². The van der Waals surface area contributed by atoms with Crippen molar-refractivity contribution in [2.75, 3.05) is 7.11 Å². The number of Topliss-reactive ketones (excluding diaryl/α,β-unsaturated/α-hetero) is 1. The summed E-state index contributed by atoms with van der Waals surface area (Å²) in [4.78, 5) is 22.8. The smallest absolute Gasteiger partial charge is 0.341 e. The van der Waals surface area contributed by atoms with E-state index in [2.05, 4.69) is 4.74 Å². The van der Waals surface area contributed by atoms with Crippen LogP contribution >= 0.6 is 0 Å². The molecule has 1 unspecified atom stereocenters. The first-order chi connectivity index (χ1) is 7.47. The molecule has 16 heavy (non-hydrogen) atoms. The van der Waals surface area contributed by atoms with E-state index < -0.39 is 12.0 Å². The molecule has 0 bridgehead atoms. The topological polar surface area (TPSA) is 89.6 Å². The van der Waals surface area contributed by atoms with E-state index in [1.807, 2.05) is 0 Å². The first kappa shape index (κ1) is 12.2. The van der Waals surface area contributed by atoms with Crippen LogP contribution in [0.5, 0.6) is 5.75 Å². The lowest BCUT2D eigenvalue weighted by molar-refractivity contribution is 0.0597. The van der Waals surface area contributed by atoms with E-state index in [0.717, 1.165) is 0 Å². The van der Waals surface area contributed by atoms with Crippen LogP contribution in [0.2, 0.25) is 0 Å². The normalized spacial score (nSPS) is 11.9. The van der Waals surface area contributed by atoms with E-state index in [1.54, 1.807) is 6.92 Å². The van der Waals surface area contributed by atoms with Crippen molar-refractivity contribution in [1.82, 2.24) is 0 Å². The third-order valence-electron chi connectivity index (χ3n) is 2.10. The molecule has 86 valence electrons. The highest BCUT2D eigenvalue weighted by atomic mass is 16.5. The van der Waals surface area contributed by atoms with Crippen LogP contribution in [0.1, 0.15) is 27.6 Å². The fraction of sp³-hybridized carbons (Fsp3) is 0.273. The van der Waals surface area contributed by atoms with Crippen LogP contribution < -0.4 is 5.73 Å². The van der Waals surface area contributed by atoms with Crippen molar-refractivity contribution in [3.8, 4) is 5.75 Å². The standard InChI is InChI=1S/C11H13NO4/c1-6(12)10(14)7-3-4-9(13)8(5-7)11(15)16-2/h3-6,13H,12H2,1-2H3. The molecule has 0 aliphatic carbocycles. The third kappa shape index (κ3) is 2.38. The molecule has 1 rings (SSSR count). The van der Waals surface area contributed by atoms with Crippen molar-refractivity contribution in [1.29, 1.82) is 0 Å². The molecule has 0 saturated carbocycles. The van der Waals surface area contributed by atoms with Gasteiger partial charge >= 0.3 is 5.97 Å². The average molecular weight is 223 g/mol. The fourth-order valence-electron chi connectivity index (χ4n) is 1.23. The van der Waals surface area contributed by atoms with E-state index in [4.69, 9.17) is 5.73 Å². The SMILES string of the molecule is COC(=O)c1cc(C(=O)C(C)N)ccc1O. The summed E-state index contributed by atoms with van der Waals surface area (Å²) in [5, 5.41) is 9.41. The monoisotopic (exact) mass is 223 g/mol. The molecule has 0 spiro atoms. The lowest BCUT2D eigenvalue weighted by Gasteiger charge is -2.07. The number of benzene rings is 1. The predicted octanol–water partition coefficient (Wildman–Crippen LogP) is 0.709. The van der Waals surface area contributed by atoms with Gasteiger partial charge in [-0.2, -0.15) is 0 Å². The Bertz CT molecular complexity index is 426. The van der Waals surface area contributed by atoms with Gasteiger partial charge in [-0.1, -0.05) is 0 Å². The number of esters is 1. The molecule has 5 heteroatoms. The van der Waals surface area contributed by atoms with Gasteiger partial charge in [0.1, 0.15) is 11.3 Å². The average Bonchev–Trinajstić information content (AvgIpc) is 2.27. The second kappa shape index (κ2) is 4.76. The molecule has 3 N–H and O–H groups in total. The molecule has 0 aromatic heterocycles. The van der Waals surface area contributed by atoms with Gasteiger partial charge in [0.25, 0.3) is 0 Å². The number of hydrogen-bond acceptors (Lipinski definition) is 5. The lowest BCUT2D eigenvalue weighted by Crippen LogP contribution is -2.26. The number of phenolic OH excluding ortho intramolecular Hbond substituents is 1. The van der Waals surface area contributed by atoms with E-state index >= 15 is 0 Å². The van der Waals surface area contributed by atoms with Gasteiger partial charge in [0.15, 0.2) is 5.78 Å². The second-order valence-corrected chi connectivity index (χ2v) is 3.38. The summed E-state index contributed by atoms with van der Waals surface area (Å²) < 4.78 is 4.47. The highest BCUT2D eigenvalue weighted by molar-refractivity contribution is 6.02. The fourth-order valence-corrected chi connectivity index (χ4v) is 1.23. The van der Waals surface area contributed by atoms with Crippen LogP contribution in [0.4, 0.5) is 0 Å². The van der Waals surface area contributed by atoms with Gasteiger partial charge in [-0.15, -0.1) is 0 Å². The van der Waals surface area contributed by atoms with Gasteiger partial charge in [-0.05, 0) is 25.1 Å². The van der Waals surface area contributed by atoms with Crippen molar-refractivity contribution >= 4 is 11.8 Å². The van der Waals surface area contributed by atoms with Gasteiger partial charge in [0.05, 0.1) is 13.2 Å². The van der Waals surface area contributed by atoms with Gasteiger partial charge in [0, 0.05) is 5.56 Å². The van der Waals surface area contributed by atoms with Crippen molar-refractivity contribution in [2.45, 2.75) is 13.0 Å². The Hall–Kier alpha value is -1.88. The molecule has 1 aromatic carbocycles. The van der Waals surface area contributed by atoms with Crippen LogP contribution in [0.25, 0.3) is 0 Å². The summed E-state index contributed by atoms with van der Waals surface area (Å²) in [6.45, 7) is 1.55. The zero-order valence-corrected chi connectivity index (χ0v) is 9.06. The Morgan fingerprint density at radius 3 is 2.56 bits per heavy atom. The number of carbonyl (C=O) groups excluding carboxylic acids is 2. The van der Waals surface area contributed by atoms with E-state index in [0.29, 0.717) is 0 Å². The number of phenols is 1. The molecule has 1 aromatic rings. The van der Waals surface area contributed by atoms with E-state index in [1.165, 1.54) is 25.3 Å². The minimum Gasteiger partial charge on any atom is -0.507 e. The molecule has 0 radical (unpaired) electrons. The van der Waals surface area contributed by atoms with Crippen molar-refractivity contribution in [3.05, 3.63) is 29.3 Å². The third-order valence-corrected chi connectivity index (χ3v) is 2.10. The maximum absolute atomic E-state index is 11.6. The maximum Gasteiger partial charge on any atom is 0.341 e. The Morgan fingerprint density at radius 1 is 1.44 bits per heavy atom. The van der Waals surface area contributed by atoms with Crippen molar-refractivity contribution < 1.29 is 19.4 Å². The van der Waals surface area contributed by atoms with Gasteiger partial charge in [0.2, 0.25) is 0 Å². The lowest BCUT2D eigenvalue weighted by atomic mass is 10.0. The number of rotatable bonds is 3. The zero-order chi connectivity index (χ0) is 12.3. The number of ketones is 1. The molecular formula is C11H13NO4. The number of nitrogens with two attached hydrogens (primary N) is 1. The van der Waals surface area contributed by atoms with Crippen LogP contribution in [0.3, 0.4) is 0 Å². The molecular weight excluding hydrogens is 210 g/mol. The Kier molecular flexibility index (Phi) is 3.63. The number of aromatic hydroxyl groups is 1. The summed E-state index contributed by atoms with van der Waals surface area (Å²) in [5.41, 5.74) is 5.66. The second-order valence-electron chi connectivity index (χ2n) is 3.38. The molecule has 0 fully saturated rings. The molecule has 5 nitrogen and oxygen atoms in total. The summed E-state index contributed by atoms with van der Waals surface area (Å²) in [6.07, 6.45) is 0. The zero-order valence-electron chi connectivity index (χ0n) is 9.06. The van der Waals surface area contributed by atoms with Gasteiger partial charge < -0.3 is 15.6 Å². The number of carbonyl (C=O) groups is 2. The molecule has 0 aliphatic heterocycles. The predicted molar refractivity (Wildman–Crippen MR) is 57.4 cm³/mol. The van der Waals surface area contributed by atoms with Crippen molar-refractivity contribution in [2.24, 2.45) is 5.73 Å². The minimum absolute atomic E-state index is 0.0472. The number of methoxy groups -OCH3 is 1. The van der Waals surface area contributed by atoms with Crippen molar-refractivity contribution in [3.63, 3.8) is 0 Å². The maximum atomic E-state index is 11.6. The Morgan fingerprint density at radius 2 is 2.06 bits per heavy atom. The Labute approximate surface area is 92.8 Å². The quantitative estimate of drug-likeness (QED) is 0.581. The highest BCUT2D eigenvalue weighted by Crippen LogP contribution is 2.20. The largest absolute Gasteiger partial charge is 0.507 e. The summed E-state index contributed by atoms with van der Waals surface area (Å²) in [7, 11) is 1.20. The first-order valence-electron chi connectivity index (χ1n) is 4.68. The minimum atomic E-state index is -0.697. The van der Waals surface area contributed by atoms with Crippen LogP contribution in [-0.2, 0) is 4.74 Å². The summed E-state index contributed by atoms with van der Waals surface area (Å²) in [6, 6.07) is 3.29. The van der Waals surface area contributed by atoms with Crippen LogP contribution in [0, 0.1) is 0 Å². The highest BCUT2D eigenvalue weighted by Gasteiger charge is 2.17. The van der Waals surface area contributed by atoms with E-state index in [9.17, 15) is 14.7 Å². The molecule has 0 aliphatic rings. The molecule has 0 saturated heterocycles. The number of hydrogen-bond donors (Lipinski definition) is 2. The summed E-state index contributed by atoms with van der Waals surface area (Å²) in [5.74, 6) is -1.23. The Balaban J connectivity index is 3.17. The molecule has 1 atom stereocenters. The van der Waals surface area contributed by atoms with Crippen LogP contribution in [0.15, 0.2) is 18.2 Å².